The minimum absolute atomic E-state index is 0.158. The third-order valence-corrected chi connectivity index (χ3v) is 4.36. The number of aryl methyl sites for hydroxylation is 1. The van der Waals surface area contributed by atoms with Gasteiger partial charge in [0, 0.05) is 19.4 Å². The largest absolute Gasteiger partial charge is 0.497 e. The first-order chi connectivity index (χ1) is 13.1. The number of carbonyl (C=O) groups excluding carboxylic acids is 1. The summed E-state index contributed by atoms with van der Waals surface area (Å²) in [5.41, 5.74) is 0.856. The van der Waals surface area contributed by atoms with Crippen LogP contribution in [-0.2, 0) is 11.8 Å². The number of hydrogen-bond acceptors (Lipinski definition) is 4. The zero-order valence-corrected chi connectivity index (χ0v) is 15.8. The molecule has 6 nitrogen and oxygen atoms in total. The Labute approximate surface area is 162 Å². The summed E-state index contributed by atoms with van der Waals surface area (Å²) in [6, 6.07) is 14.1. The van der Waals surface area contributed by atoms with E-state index in [0.29, 0.717) is 22.3 Å². The highest BCUT2D eigenvalue weighted by molar-refractivity contribution is 6.32. The molecular formula is C20H20ClN3O3. The standard InChI is InChI=1S/C20H20ClN3O3/c1-24-11-10-22-20(24)19(14-6-5-7-15(12-14)26-2)23-18(25)13-27-17-9-4-3-8-16(17)21/h3-12,19H,13H2,1-2H3,(H,23,25). The predicted molar refractivity (Wildman–Crippen MR) is 103 cm³/mol. The summed E-state index contributed by atoms with van der Waals surface area (Å²) < 4.78 is 12.7. The van der Waals surface area contributed by atoms with E-state index in [-0.39, 0.29) is 12.5 Å². The molecule has 7 heteroatoms. The maximum absolute atomic E-state index is 12.5. The Bertz CT molecular complexity index is 926. The fraction of sp³-hybridized carbons (Fsp3) is 0.200. The van der Waals surface area contributed by atoms with E-state index in [1.807, 2.05) is 42.1 Å². The van der Waals surface area contributed by atoms with Crippen molar-refractivity contribution in [3.63, 3.8) is 0 Å². The van der Waals surface area contributed by atoms with Gasteiger partial charge in [-0.25, -0.2) is 4.98 Å². The number of aromatic nitrogens is 2. The molecule has 0 fully saturated rings. The molecule has 2 aromatic carbocycles. The van der Waals surface area contributed by atoms with E-state index in [0.717, 1.165) is 5.56 Å². The minimum atomic E-state index is -0.442. The Kier molecular flexibility index (Phi) is 5.98. The summed E-state index contributed by atoms with van der Waals surface area (Å²) in [7, 11) is 3.48. The van der Waals surface area contributed by atoms with Gasteiger partial charge in [0.15, 0.2) is 6.61 Å². The number of para-hydroxylation sites is 1. The van der Waals surface area contributed by atoms with Gasteiger partial charge in [-0.3, -0.25) is 4.79 Å². The Balaban J connectivity index is 1.78. The Morgan fingerprint density at radius 2 is 2.07 bits per heavy atom. The lowest BCUT2D eigenvalue weighted by Gasteiger charge is -2.20. The maximum Gasteiger partial charge on any atom is 0.258 e. The first kappa shape index (κ1) is 18.8. The number of amides is 1. The van der Waals surface area contributed by atoms with Crippen molar-refractivity contribution in [2.24, 2.45) is 7.05 Å². The molecule has 0 aliphatic rings. The van der Waals surface area contributed by atoms with Gasteiger partial charge in [-0.1, -0.05) is 35.9 Å². The second-order valence-electron chi connectivity index (χ2n) is 5.89. The molecule has 140 valence electrons. The molecule has 0 aliphatic heterocycles. The Hall–Kier alpha value is -2.99. The number of ether oxygens (including phenoxy) is 2. The van der Waals surface area contributed by atoms with Crippen molar-refractivity contribution in [1.82, 2.24) is 14.9 Å². The van der Waals surface area contributed by atoms with Crippen LogP contribution in [0.2, 0.25) is 5.02 Å². The van der Waals surface area contributed by atoms with Crippen LogP contribution in [0.5, 0.6) is 11.5 Å². The summed E-state index contributed by atoms with van der Waals surface area (Å²) in [5.74, 6) is 1.58. The molecule has 1 N–H and O–H groups in total. The molecular weight excluding hydrogens is 366 g/mol. The number of imidazole rings is 1. The zero-order valence-electron chi connectivity index (χ0n) is 15.1. The van der Waals surface area contributed by atoms with Gasteiger partial charge >= 0.3 is 0 Å². The number of hydrogen-bond donors (Lipinski definition) is 1. The summed E-state index contributed by atoms with van der Waals surface area (Å²) in [5, 5.41) is 3.43. The SMILES string of the molecule is COc1cccc(C(NC(=O)COc2ccccc2Cl)c2nccn2C)c1. The van der Waals surface area contributed by atoms with Crippen LogP contribution in [0.1, 0.15) is 17.4 Å². The van der Waals surface area contributed by atoms with Crippen LogP contribution in [0.15, 0.2) is 60.9 Å². The molecule has 3 rings (SSSR count). The van der Waals surface area contributed by atoms with Crippen molar-refractivity contribution in [2.75, 3.05) is 13.7 Å². The van der Waals surface area contributed by atoms with E-state index >= 15 is 0 Å². The molecule has 1 aromatic heterocycles. The van der Waals surface area contributed by atoms with Crippen molar-refractivity contribution in [3.05, 3.63) is 77.3 Å². The van der Waals surface area contributed by atoms with Gasteiger partial charge in [0.2, 0.25) is 0 Å². The van der Waals surface area contributed by atoms with Crippen LogP contribution in [-0.4, -0.2) is 29.2 Å². The molecule has 1 unspecified atom stereocenters. The molecule has 27 heavy (non-hydrogen) atoms. The van der Waals surface area contributed by atoms with Gasteiger partial charge in [0.25, 0.3) is 5.91 Å². The highest BCUT2D eigenvalue weighted by Crippen LogP contribution is 2.25. The summed E-state index contributed by atoms with van der Waals surface area (Å²) in [4.78, 5) is 16.9. The van der Waals surface area contributed by atoms with Crippen molar-refractivity contribution in [1.29, 1.82) is 0 Å². The van der Waals surface area contributed by atoms with Crippen LogP contribution in [0, 0.1) is 0 Å². The first-order valence-corrected chi connectivity index (χ1v) is 8.74. The first-order valence-electron chi connectivity index (χ1n) is 8.36. The highest BCUT2D eigenvalue weighted by atomic mass is 35.5. The Morgan fingerprint density at radius 3 is 2.78 bits per heavy atom. The van der Waals surface area contributed by atoms with Gasteiger partial charge in [-0.15, -0.1) is 0 Å². The van der Waals surface area contributed by atoms with Gasteiger partial charge in [-0.2, -0.15) is 0 Å². The number of benzene rings is 2. The molecule has 0 aliphatic carbocycles. The molecule has 1 atom stereocenters. The monoisotopic (exact) mass is 385 g/mol. The van der Waals surface area contributed by atoms with E-state index in [1.165, 1.54) is 0 Å². The molecule has 0 radical (unpaired) electrons. The van der Waals surface area contributed by atoms with Gasteiger partial charge in [0.1, 0.15) is 23.4 Å². The third-order valence-electron chi connectivity index (χ3n) is 4.04. The Morgan fingerprint density at radius 1 is 1.26 bits per heavy atom. The number of carbonyl (C=O) groups is 1. The van der Waals surface area contributed by atoms with Gasteiger partial charge in [-0.05, 0) is 29.8 Å². The second kappa shape index (κ2) is 8.60. The molecule has 3 aromatic rings. The van der Waals surface area contributed by atoms with E-state index < -0.39 is 6.04 Å². The topological polar surface area (TPSA) is 65.4 Å². The van der Waals surface area contributed by atoms with E-state index in [1.54, 1.807) is 37.6 Å². The van der Waals surface area contributed by atoms with Gasteiger partial charge < -0.3 is 19.4 Å². The van der Waals surface area contributed by atoms with Crippen LogP contribution < -0.4 is 14.8 Å². The smallest absolute Gasteiger partial charge is 0.258 e. The predicted octanol–water partition coefficient (Wildman–Crippen LogP) is 3.37. The summed E-state index contributed by atoms with van der Waals surface area (Å²) >= 11 is 6.06. The third kappa shape index (κ3) is 4.60. The van der Waals surface area contributed by atoms with E-state index in [9.17, 15) is 4.79 Å². The molecule has 1 amide bonds. The lowest BCUT2D eigenvalue weighted by molar-refractivity contribution is -0.123. The summed E-state index contributed by atoms with van der Waals surface area (Å²) in [6.07, 6.45) is 3.52. The zero-order chi connectivity index (χ0) is 19.2. The minimum Gasteiger partial charge on any atom is -0.497 e. The highest BCUT2D eigenvalue weighted by Gasteiger charge is 2.21. The number of rotatable bonds is 7. The average molecular weight is 386 g/mol. The van der Waals surface area contributed by atoms with Crippen molar-refractivity contribution < 1.29 is 14.3 Å². The normalized spacial score (nSPS) is 11.7. The lowest BCUT2D eigenvalue weighted by Crippen LogP contribution is -2.34. The number of nitrogens with zero attached hydrogens (tertiary/aromatic N) is 2. The molecule has 1 heterocycles. The molecule has 0 saturated heterocycles. The van der Waals surface area contributed by atoms with Crippen LogP contribution in [0.25, 0.3) is 0 Å². The van der Waals surface area contributed by atoms with Gasteiger partial charge in [0.05, 0.1) is 12.1 Å². The van der Waals surface area contributed by atoms with Crippen LogP contribution in [0.4, 0.5) is 0 Å². The molecule has 0 spiro atoms. The average Bonchev–Trinajstić information content (AvgIpc) is 3.11. The van der Waals surface area contributed by atoms with Crippen molar-refractivity contribution >= 4 is 17.5 Å². The maximum atomic E-state index is 12.5. The quantitative estimate of drug-likeness (QED) is 0.677. The fourth-order valence-corrected chi connectivity index (χ4v) is 2.87. The number of halogens is 1. The number of methoxy groups -OCH3 is 1. The van der Waals surface area contributed by atoms with E-state index in [2.05, 4.69) is 10.3 Å². The van der Waals surface area contributed by atoms with Crippen molar-refractivity contribution in [2.45, 2.75) is 6.04 Å². The molecule has 0 bridgehead atoms. The lowest BCUT2D eigenvalue weighted by atomic mass is 10.1. The van der Waals surface area contributed by atoms with Crippen molar-refractivity contribution in [3.8, 4) is 11.5 Å². The van der Waals surface area contributed by atoms with E-state index in [4.69, 9.17) is 21.1 Å². The second-order valence-corrected chi connectivity index (χ2v) is 6.30. The number of nitrogens with one attached hydrogen (secondary N) is 1. The van der Waals surface area contributed by atoms with Crippen LogP contribution >= 0.6 is 11.6 Å². The fourth-order valence-electron chi connectivity index (χ4n) is 2.68. The summed E-state index contributed by atoms with van der Waals surface area (Å²) in [6.45, 7) is -0.158. The van der Waals surface area contributed by atoms with Crippen LogP contribution in [0.3, 0.4) is 0 Å². The molecule has 0 saturated carbocycles.